The maximum atomic E-state index is 12.5. The van der Waals surface area contributed by atoms with Crippen molar-refractivity contribution in [3.63, 3.8) is 0 Å². The number of aliphatic hydroxyl groups excluding tert-OH is 1. The van der Waals surface area contributed by atoms with Crippen LogP contribution in [0, 0.1) is 11.3 Å². The minimum absolute atomic E-state index is 0.149. The molecule has 0 aliphatic heterocycles. The van der Waals surface area contributed by atoms with Gasteiger partial charge in [-0.05, 0) is 43.1 Å². The molecule has 136 valence electrons. The number of ether oxygens (including phenoxy) is 1. The Morgan fingerprint density at radius 3 is 2.17 bits per heavy atom. The van der Waals surface area contributed by atoms with Crippen molar-refractivity contribution >= 4 is 5.97 Å². The highest BCUT2D eigenvalue weighted by atomic mass is 16.5. The van der Waals surface area contributed by atoms with Crippen molar-refractivity contribution in [3.8, 4) is 0 Å². The maximum absolute atomic E-state index is 12.5. The predicted molar refractivity (Wildman–Crippen MR) is 98.9 cm³/mol. The fraction of sp³-hybridized carbons (Fsp3) is 0.667. The first-order valence-electron chi connectivity index (χ1n) is 9.04. The molecule has 1 N–H and O–H groups in total. The summed E-state index contributed by atoms with van der Waals surface area (Å²) in [5.74, 6) is -0.00940. The lowest BCUT2D eigenvalue weighted by atomic mass is 9.85. The largest absolute Gasteiger partial charge is 0.461 e. The van der Waals surface area contributed by atoms with E-state index in [-0.39, 0.29) is 29.5 Å². The van der Waals surface area contributed by atoms with Crippen molar-refractivity contribution in [1.29, 1.82) is 0 Å². The molecule has 0 amide bonds. The summed E-state index contributed by atoms with van der Waals surface area (Å²) in [6, 6.07) is 9.70. The number of hydrogen-bond donors (Lipinski definition) is 1. The summed E-state index contributed by atoms with van der Waals surface area (Å²) in [5, 5.41) is 10.1. The molecule has 24 heavy (non-hydrogen) atoms. The van der Waals surface area contributed by atoms with Crippen molar-refractivity contribution in [1.82, 2.24) is 0 Å². The van der Waals surface area contributed by atoms with E-state index in [1.807, 2.05) is 37.3 Å². The summed E-state index contributed by atoms with van der Waals surface area (Å²) in [6.07, 6.45) is 1.60. The number of carbonyl (C=O) groups excluding carboxylic acids is 1. The zero-order valence-electron chi connectivity index (χ0n) is 16.1. The fourth-order valence-electron chi connectivity index (χ4n) is 2.79. The van der Waals surface area contributed by atoms with Crippen molar-refractivity contribution in [2.24, 2.45) is 11.3 Å². The highest BCUT2D eigenvalue weighted by Crippen LogP contribution is 2.29. The van der Waals surface area contributed by atoms with Crippen molar-refractivity contribution in [2.45, 2.75) is 78.9 Å². The van der Waals surface area contributed by atoms with E-state index in [9.17, 15) is 9.90 Å². The molecule has 1 rings (SSSR count). The highest BCUT2D eigenvalue weighted by Gasteiger charge is 2.30. The van der Waals surface area contributed by atoms with Gasteiger partial charge in [0, 0.05) is 0 Å². The average molecular weight is 335 g/mol. The molecule has 0 heterocycles. The summed E-state index contributed by atoms with van der Waals surface area (Å²) in [6.45, 7) is 12.3. The van der Waals surface area contributed by atoms with E-state index in [0.29, 0.717) is 18.8 Å². The minimum Gasteiger partial charge on any atom is -0.461 e. The van der Waals surface area contributed by atoms with Gasteiger partial charge in [0.2, 0.25) is 0 Å². The van der Waals surface area contributed by atoms with Crippen molar-refractivity contribution < 1.29 is 14.6 Å². The third kappa shape index (κ3) is 7.04. The normalized spacial score (nSPS) is 15.8. The Morgan fingerprint density at radius 1 is 1.08 bits per heavy atom. The summed E-state index contributed by atoms with van der Waals surface area (Å²) in [5.41, 5.74) is 0.818. The van der Waals surface area contributed by atoms with Crippen LogP contribution in [0.3, 0.4) is 0 Å². The number of benzene rings is 1. The van der Waals surface area contributed by atoms with Crippen molar-refractivity contribution in [3.05, 3.63) is 35.9 Å². The van der Waals surface area contributed by atoms with Gasteiger partial charge in [-0.15, -0.1) is 0 Å². The molecule has 3 nitrogen and oxygen atoms in total. The van der Waals surface area contributed by atoms with Crippen LogP contribution in [-0.4, -0.2) is 23.3 Å². The summed E-state index contributed by atoms with van der Waals surface area (Å²) < 4.78 is 5.84. The van der Waals surface area contributed by atoms with Crippen LogP contribution in [0.5, 0.6) is 0 Å². The Hall–Kier alpha value is -1.35. The van der Waals surface area contributed by atoms with E-state index in [1.54, 1.807) is 0 Å². The molecular formula is C21H34O3. The SMILES string of the molecule is CC(C)CC(O)CCC(OC(=O)C(C)c1ccccc1)C(C)(C)C. The smallest absolute Gasteiger partial charge is 0.313 e. The van der Waals surface area contributed by atoms with E-state index in [4.69, 9.17) is 4.74 Å². The zero-order chi connectivity index (χ0) is 18.3. The molecule has 3 atom stereocenters. The Morgan fingerprint density at radius 2 is 1.67 bits per heavy atom. The van der Waals surface area contributed by atoms with Crippen LogP contribution >= 0.6 is 0 Å². The zero-order valence-corrected chi connectivity index (χ0v) is 16.1. The molecule has 0 saturated carbocycles. The number of carbonyl (C=O) groups is 1. The van der Waals surface area contributed by atoms with Crippen LogP contribution in [0.1, 0.15) is 72.3 Å². The lowest BCUT2D eigenvalue weighted by molar-refractivity contribution is -0.157. The van der Waals surface area contributed by atoms with Gasteiger partial charge in [0.05, 0.1) is 12.0 Å². The number of aliphatic hydroxyl groups is 1. The maximum Gasteiger partial charge on any atom is 0.313 e. The molecular weight excluding hydrogens is 300 g/mol. The first kappa shape index (κ1) is 20.7. The molecule has 0 aromatic heterocycles. The Balaban J connectivity index is 2.67. The topological polar surface area (TPSA) is 46.5 Å². The number of rotatable bonds is 8. The first-order valence-corrected chi connectivity index (χ1v) is 9.04. The Kier molecular flexibility index (Phi) is 7.95. The second-order valence-electron chi connectivity index (χ2n) is 8.28. The highest BCUT2D eigenvalue weighted by molar-refractivity contribution is 5.77. The average Bonchev–Trinajstić information content (AvgIpc) is 2.49. The van der Waals surface area contributed by atoms with Gasteiger partial charge in [0.25, 0.3) is 0 Å². The van der Waals surface area contributed by atoms with E-state index < -0.39 is 0 Å². The monoisotopic (exact) mass is 334 g/mol. The van der Waals surface area contributed by atoms with Crippen LogP contribution in [0.25, 0.3) is 0 Å². The first-order chi connectivity index (χ1) is 11.1. The standard InChI is InChI=1S/C21H34O3/c1-15(2)14-18(22)12-13-19(21(4,5)6)24-20(23)16(3)17-10-8-7-9-11-17/h7-11,15-16,18-19,22H,12-14H2,1-6H3. The quantitative estimate of drug-likeness (QED) is 0.685. The van der Waals surface area contributed by atoms with E-state index in [0.717, 1.165) is 12.0 Å². The van der Waals surface area contributed by atoms with Crippen LogP contribution in [-0.2, 0) is 9.53 Å². The third-order valence-electron chi connectivity index (χ3n) is 4.38. The molecule has 0 aliphatic carbocycles. The molecule has 0 aliphatic rings. The van der Waals surface area contributed by atoms with Gasteiger partial charge in [-0.1, -0.05) is 65.0 Å². The van der Waals surface area contributed by atoms with Gasteiger partial charge in [0.1, 0.15) is 6.10 Å². The van der Waals surface area contributed by atoms with Gasteiger partial charge in [-0.3, -0.25) is 4.79 Å². The van der Waals surface area contributed by atoms with Crippen molar-refractivity contribution in [2.75, 3.05) is 0 Å². The van der Waals surface area contributed by atoms with E-state index in [1.165, 1.54) is 0 Å². The number of esters is 1. The van der Waals surface area contributed by atoms with Crippen LogP contribution in [0.4, 0.5) is 0 Å². The van der Waals surface area contributed by atoms with Gasteiger partial charge in [0.15, 0.2) is 0 Å². The second kappa shape index (κ2) is 9.22. The Bertz CT molecular complexity index is 488. The lowest BCUT2D eigenvalue weighted by Gasteiger charge is -2.32. The second-order valence-corrected chi connectivity index (χ2v) is 8.28. The molecule has 1 aromatic carbocycles. The van der Waals surface area contributed by atoms with E-state index in [2.05, 4.69) is 34.6 Å². The van der Waals surface area contributed by atoms with Gasteiger partial charge in [-0.25, -0.2) is 0 Å². The lowest BCUT2D eigenvalue weighted by Crippen LogP contribution is -2.34. The molecule has 0 saturated heterocycles. The van der Waals surface area contributed by atoms with Crippen LogP contribution in [0.15, 0.2) is 30.3 Å². The minimum atomic E-state index is -0.333. The third-order valence-corrected chi connectivity index (χ3v) is 4.38. The predicted octanol–water partition coefficient (Wildman–Crippen LogP) is 4.94. The molecule has 0 bridgehead atoms. The fourth-order valence-corrected chi connectivity index (χ4v) is 2.79. The van der Waals surface area contributed by atoms with Crippen LogP contribution < -0.4 is 0 Å². The molecule has 3 heteroatoms. The van der Waals surface area contributed by atoms with Gasteiger partial charge < -0.3 is 9.84 Å². The molecule has 0 radical (unpaired) electrons. The van der Waals surface area contributed by atoms with Gasteiger partial charge >= 0.3 is 5.97 Å². The number of hydrogen-bond acceptors (Lipinski definition) is 3. The summed E-state index contributed by atoms with van der Waals surface area (Å²) >= 11 is 0. The summed E-state index contributed by atoms with van der Waals surface area (Å²) in [4.78, 5) is 12.5. The van der Waals surface area contributed by atoms with Gasteiger partial charge in [-0.2, -0.15) is 0 Å². The van der Waals surface area contributed by atoms with Crippen LogP contribution in [0.2, 0.25) is 0 Å². The van der Waals surface area contributed by atoms with E-state index >= 15 is 0 Å². The molecule has 0 fully saturated rings. The molecule has 3 unspecified atom stereocenters. The molecule has 1 aromatic rings. The molecule has 0 spiro atoms. The Labute approximate surface area is 147 Å². The summed E-state index contributed by atoms with van der Waals surface area (Å²) in [7, 11) is 0.